The number of thiazole rings is 1. The molecule has 0 unspecified atom stereocenters. The van der Waals surface area contributed by atoms with Crippen LogP contribution in [0.3, 0.4) is 0 Å². The molecule has 0 saturated heterocycles. The monoisotopic (exact) mass is 466 g/mol. The van der Waals surface area contributed by atoms with Crippen molar-refractivity contribution in [3.8, 4) is 0 Å². The number of carbonyl (C=O) groups excluding carboxylic acids is 1. The standard InChI is InChI=1S/C29H26N2O2S/c1-2-33-19-18-31-26-17-16-23-10-6-7-11-25(23)27(26)34-29(31)30-28(32)24-14-12-22(13-15-24)20-21-8-4-3-5-9-21/h3-17H,2,18-20H2,1H3. The molecule has 0 fully saturated rings. The van der Waals surface area contributed by atoms with Gasteiger partial charge >= 0.3 is 0 Å². The van der Waals surface area contributed by atoms with E-state index in [1.165, 1.54) is 21.9 Å². The van der Waals surface area contributed by atoms with E-state index in [2.05, 4.69) is 46.0 Å². The normalized spacial score (nSPS) is 12.0. The molecule has 0 atom stereocenters. The van der Waals surface area contributed by atoms with Gasteiger partial charge in [-0.2, -0.15) is 4.99 Å². The number of carbonyl (C=O) groups is 1. The number of fused-ring (bicyclic) bond motifs is 3. The van der Waals surface area contributed by atoms with Crippen LogP contribution in [0, 0.1) is 0 Å². The molecule has 0 aliphatic heterocycles. The van der Waals surface area contributed by atoms with E-state index in [0.29, 0.717) is 30.1 Å². The molecule has 1 heterocycles. The highest BCUT2D eigenvalue weighted by Gasteiger charge is 2.12. The summed E-state index contributed by atoms with van der Waals surface area (Å²) in [7, 11) is 0. The summed E-state index contributed by atoms with van der Waals surface area (Å²) >= 11 is 1.56. The fourth-order valence-corrected chi connectivity index (χ4v) is 5.34. The largest absolute Gasteiger partial charge is 0.380 e. The Morgan fingerprint density at radius 2 is 1.62 bits per heavy atom. The molecule has 0 saturated carbocycles. The van der Waals surface area contributed by atoms with Crippen molar-refractivity contribution in [2.75, 3.05) is 13.2 Å². The van der Waals surface area contributed by atoms with Crippen LogP contribution < -0.4 is 4.80 Å². The van der Waals surface area contributed by atoms with Crippen molar-refractivity contribution in [1.29, 1.82) is 0 Å². The minimum absolute atomic E-state index is 0.229. The molecule has 0 radical (unpaired) electrons. The average molecular weight is 467 g/mol. The Balaban J connectivity index is 1.50. The number of benzene rings is 4. The van der Waals surface area contributed by atoms with Gasteiger partial charge in [0.25, 0.3) is 5.91 Å². The molecule has 0 aliphatic carbocycles. The van der Waals surface area contributed by atoms with Gasteiger partial charge in [-0.3, -0.25) is 4.79 Å². The van der Waals surface area contributed by atoms with Crippen LogP contribution in [0.15, 0.2) is 96.0 Å². The van der Waals surface area contributed by atoms with Crippen LogP contribution in [0.2, 0.25) is 0 Å². The number of rotatable bonds is 7. The van der Waals surface area contributed by atoms with Crippen LogP contribution in [-0.4, -0.2) is 23.7 Å². The van der Waals surface area contributed by atoms with Crippen LogP contribution in [0.5, 0.6) is 0 Å². The molecule has 4 aromatic carbocycles. The number of ether oxygens (including phenoxy) is 1. The van der Waals surface area contributed by atoms with Gasteiger partial charge in [0.1, 0.15) is 0 Å². The molecule has 0 N–H and O–H groups in total. The minimum Gasteiger partial charge on any atom is -0.380 e. The predicted molar refractivity (Wildman–Crippen MR) is 139 cm³/mol. The van der Waals surface area contributed by atoms with E-state index in [9.17, 15) is 4.79 Å². The van der Waals surface area contributed by atoms with E-state index in [4.69, 9.17) is 4.74 Å². The molecule has 5 aromatic rings. The van der Waals surface area contributed by atoms with Crippen LogP contribution in [0.25, 0.3) is 21.0 Å². The second-order valence-corrected chi connectivity index (χ2v) is 9.12. The van der Waals surface area contributed by atoms with Crippen molar-refractivity contribution in [1.82, 2.24) is 4.57 Å². The van der Waals surface area contributed by atoms with E-state index in [0.717, 1.165) is 16.6 Å². The van der Waals surface area contributed by atoms with Crippen LogP contribution >= 0.6 is 11.3 Å². The van der Waals surface area contributed by atoms with Gasteiger partial charge in [0.15, 0.2) is 4.80 Å². The lowest BCUT2D eigenvalue weighted by molar-refractivity contribution is 0.0996. The number of aromatic nitrogens is 1. The summed E-state index contributed by atoms with van der Waals surface area (Å²) in [6, 6.07) is 30.7. The quantitative estimate of drug-likeness (QED) is 0.267. The van der Waals surface area contributed by atoms with E-state index >= 15 is 0 Å². The Bertz CT molecular complexity index is 1500. The maximum atomic E-state index is 13.1. The smallest absolute Gasteiger partial charge is 0.279 e. The van der Waals surface area contributed by atoms with E-state index < -0.39 is 0 Å². The van der Waals surface area contributed by atoms with Crippen molar-refractivity contribution >= 4 is 38.2 Å². The zero-order valence-corrected chi connectivity index (χ0v) is 19.9. The molecule has 34 heavy (non-hydrogen) atoms. The molecule has 0 spiro atoms. The number of amides is 1. The van der Waals surface area contributed by atoms with Gasteiger partial charge in [-0.05, 0) is 48.1 Å². The van der Waals surface area contributed by atoms with Crippen molar-refractivity contribution in [2.24, 2.45) is 4.99 Å². The zero-order chi connectivity index (χ0) is 23.3. The van der Waals surface area contributed by atoms with E-state index in [-0.39, 0.29) is 5.91 Å². The van der Waals surface area contributed by atoms with Gasteiger partial charge in [0.2, 0.25) is 0 Å². The summed E-state index contributed by atoms with van der Waals surface area (Å²) in [4.78, 5) is 18.4. The SMILES string of the molecule is CCOCCn1c(=NC(=O)c2ccc(Cc3ccccc3)cc2)sc2c3ccccc3ccc21. The lowest BCUT2D eigenvalue weighted by Crippen LogP contribution is -2.19. The topological polar surface area (TPSA) is 43.6 Å². The fourth-order valence-electron chi connectivity index (χ4n) is 4.15. The number of hydrogen-bond acceptors (Lipinski definition) is 3. The van der Waals surface area contributed by atoms with Gasteiger partial charge in [-0.15, -0.1) is 0 Å². The third-order valence-electron chi connectivity index (χ3n) is 5.89. The third-order valence-corrected chi connectivity index (χ3v) is 7.01. The highest BCUT2D eigenvalue weighted by molar-refractivity contribution is 7.17. The fraction of sp³-hybridized carbons (Fsp3) is 0.172. The molecule has 1 amide bonds. The van der Waals surface area contributed by atoms with Gasteiger partial charge in [0, 0.05) is 24.1 Å². The molecule has 1 aromatic heterocycles. The summed E-state index contributed by atoms with van der Waals surface area (Å²) in [6.07, 6.45) is 0.841. The Hall–Kier alpha value is -3.54. The molecule has 170 valence electrons. The lowest BCUT2D eigenvalue weighted by Gasteiger charge is -2.06. The second-order valence-electron chi connectivity index (χ2n) is 8.14. The summed E-state index contributed by atoms with van der Waals surface area (Å²) in [6.45, 7) is 3.87. The molecule has 0 bridgehead atoms. The van der Waals surface area contributed by atoms with Crippen LogP contribution in [0.4, 0.5) is 0 Å². The summed E-state index contributed by atoms with van der Waals surface area (Å²) in [5.74, 6) is -0.229. The Labute approximate surface area is 202 Å². The second kappa shape index (κ2) is 10.2. The molecule has 0 aliphatic rings. The maximum absolute atomic E-state index is 13.1. The van der Waals surface area contributed by atoms with Crippen molar-refractivity contribution < 1.29 is 9.53 Å². The Kier molecular flexibility index (Phi) is 6.65. The molecule has 5 heteroatoms. The highest BCUT2D eigenvalue weighted by atomic mass is 32.1. The third kappa shape index (κ3) is 4.72. The summed E-state index contributed by atoms with van der Waals surface area (Å²) in [5.41, 5.74) is 4.09. The lowest BCUT2D eigenvalue weighted by atomic mass is 10.0. The minimum atomic E-state index is -0.229. The summed E-state index contributed by atoms with van der Waals surface area (Å²) < 4.78 is 8.85. The van der Waals surface area contributed by atoms with Gasteiger partial charge in [-0.1, -0.05) is 84.1 Å². The number of hydrogen-bond donors (Lipinski definition) is 0. The first-order valence-corrected chi connectivity index (χ1v) is 12.4. The van der Waals surface area contributed by atoms with Crippen LogP contribution in [-0.2, 0) is 17.7 Å². The highest BCUT2D eigenvalue weighted by Crippen LogP contribution is 2.27. The molecular weight excluding hydrogens is 440 g/mol. The predicted octanol–water partition coefficient (Wildman–Crippen LogP) is 6.22. The summed E-state index contributed by atoms with van der Waals surface area (Å²) in [5, 5.41) is 2.36. The first-order valence-electron chi connectivity index (χ1n) is 11.5. The number of nitrogens with zero attached hydrogens (tertiary/aromatic N) is 2. The van der Waals surface area contributed by atoms with E-state index in [1.807, 2.05) is 61.5 Å². The van der Waals surface area contributed by atoms with Crippen LogP contribution in [0.1, 0.15) is 28.4 Å². The molecular formula is C29H26N2O2S. The van der Waals surface area contributed by atoms with Gasteiger partial charge in [-0.25, -0.2) is 0 Å². The van der Waals surface area contributed by atoms with Crippen molar-refractivity contribution in [3.05, 3.63) is 112 Å². The Morgan fingerprint density at radius 1 is 0.882 bits per heavy atom. The average Bonchev–Trinajstić information content (AvgIpc) is 3.22. The maximum Gasteiger partial charge on any atom is 0.279 e. The molecule has 4 nitrogen and oxygen atoms in total. The van der Waals surface area contributed by atoms with Gasteiger partial charge < -0.3 is 9.30 Å². The Morgan fingerprint density at radius 3 is 2.41 bits per heavy atom. The molecule has 5 rings (SSSR count). The van der Waals surface area contributed by atoms with Crippen molar-refractivity contribution in [3.63, 3.8) is 0 Å². The first-order chi connectivity index (χ1) is 16.7. The van der Waals surface area contributed by atoms with Gasteiger partial charge in [0.05, 0.1) is 16.8 Å². The van der Waals surface area contributed by atoms with Crippen molar-refractivity contribution in [2.45, 2.75) is 19.9 Å². The first kappa shape index (κ1) is 22.3. The zero-order valence-electron chi connectivity index (χ0n) is 19.1. The van der Waals surface area contributed by atoms with E-state index in [1.54, 1.807) is 11.3 Å².